The molecule has 2 atom stereocenters. The maximum Gasteiger partial charge on any atom is 0.254 e. The van der Waals surface area contributed by atoms with Crippen molar-refractivity contribution in [1.29, 1.82) is 0 Å². The van der Waals surface area contributed by atoms with Gasteiger partial charge in [0.25, 0.3) is 5.91 Å². The molecule has 2 aliphatic rings. The Balaban J connectivity index is 1.49. The molecule has 28 heavy (non-hydrogen) atoms. The maximum atomic E-state index is 13.3. The molecular weight excluding hydrogens is 417 g/mol. The number of hydrogen-bond acceptors (Lipinski definition) is 4. The monoisotopic (exact) mass is 437 g/mol. The van der Waals surface area contributed by atoms with Crippen LogP contribution in [-0.4, -0.2) is 52.3 Å². The van der Waals surface area contributed by atoms with Crippen LogP contribution in [0, 0.1) is 0 Å². The minimum Gasteiger partial charge on any atom is -0.340 e. The number of carbonyl (C=O) groups excluding carboxylic acids is 2. The van der Waals surface area contributed by atoms with Crippen LogP contribution in [0.15, 0.2) is 29.8 Å². The van der Waals surface area contributed by atoms with Gasteiger partial charge in [-0.25, -0.2) is 4.98 Å². The van der Waals surface area contributed by atoms with Gasteiger partial charge in [0.05, 0.1) is 5.01 Å². The van der Waals surface area contributed by atoms with Crippen LogP contribution in [0.4, 0.5) is 0 Å². The maximum absolute atomic E-state index is 13.3. The lowest BCUT2D eigenvalue weighted by Crippen LogP contribution is -2.50. The SMILES string of the molecule is O=C(C1CCCN1C(=O)c1cc(Cl)cc(Cl)c1)N1CCCC(c2nccs2)C1. The van der Waals surface area contributed by atoms with E-state index >= 15 is 0 Å². The van der Waals surface area contributed by atoms with Gasteiger partial charge in [-0.1, -0.05) is 23.2 Å². The molecule has 148 valence electrons. The van der Waals surface area contributed by atoms with Crippen molar-refractivity contribution < 1.29 is 9.59 Å². The predicted octanol–water partition coefficient (Wildman–Crippen LogP) is 4.46. The van der Waals surface area contributed by atoms with Crippen LogP contribution in [0.3, 0.4) is 0 Å². The fourth-order valence-corrected chi connectivity index (χ4v) is 5.43. The van der Waals surface area contributed by atoms with E-state index in [1.54, 1.807) is 34.4 Å². The van der Waals surface area contributed by atoms with Gasteiger partial charge in [-0.2, -0.15) is 0 Å². The summed E-state index contributed by atoms with van der Waals surface area (Å²) in [6.07, 6.45) is 5.33. The molecule has 5 nitrogen and oxygen atoms in total. The van der Waals surface area contributed by atoms with Gasteiger partial charge in [0.2, 0.25) is 5.91 Å². The molecule has 0 saturated carbocycles. The summed E-state index contributed by atoms with van der Waals surface area (Å²) in [7, 11) is 0. The largest absolute Gasteiger partial charge is 0.340 e. The number of rotatable bonds is 3. The second-order valence-electron chi connectivity index (χ2n) is 7.31. The van der Waals surface area contributed by atoms with Crippen LogP contribution >= 0.6 is 34.5 Å². The minimum absolute atomic E-state index is 0.0419. The van der Waals surface area contributed by atoms with E-state index < -0.39 is 6.04 Å². The Hall–Kier alpha value is -1.63. The van der Waals surface area contributed by atoms with Gasteiger partial charge in [0, 0.05) is 52.7 Å². The number of piperidine rings is 1. The van der Waals surface area contributed by atoms with E-state index in [-0.39, 0.29) is 17.7 Å². The highest BCUT2D eigenvalue weighted by atomic mass is 35.5. The van der Waals surface area contributed by atoms with Gasteiger partial charge in [0.1, 0.15) is 6.04 Å². The molecule has 0 radical (unpaired) electrons. The van der Waals surface area contributed by atoms with Crippen molar-refractivity contribution in [3.05, 3.63) is 50.4 Å². The number of halogens is 2. The van der Waals surface area contributed by atoms with Crippen molar-refractivity contribution in [2.45, 2.75) is 37.6 Å². The van der Waals surface area contributed by atoms with Gasteiger partial charge in [-0.3, -0.25) is 9.59 Å². The molecule has 2 aliphatic heterocycles. The highest BCUT2D eigenvalue weighted by molar-refractivity contribution is 7.09. The summed E-state index contributed by atoms with van der Waals surface area (Å²) in [5.74, 6) is 0.143. The number of amides is 2. The fraction of sp³-hybridized carbons (Fsp3) is 0.450. The Morgan fingerprint density at radius 3 is 2.54 bits per heavy atom. The first-order valence-corrected chi connectivity index (χ1v) is 11.1. The van der Waals surface area contributed by atoms with Crippen molar-refractivity contribution in [1.82, 2.24) is 14.8 Å². The van der Waals surface area contributed by atoms with Crippen LogP contribution in [0.2, 0.25) is 10.0 Å². The third-order valence-corrected chi connectivity index (χ3v) is 6.82. The lowest BCUT2D eigenvalue weighted by molar-refractivity contribution is -0.136. The Morgan fingerprint density at radius 1 is 1.07 bits per heavy atom. The van der Waals surface area contributed by atoms with Crippen LogP contribution < -0.4 is 0 Å². The molecule has 0 N–H and O–H groups in total. The number of hydrogen-bond donors (Lipinski definition) is 0. The van der Waals surface area contributed by atoms with Crippen molar-refractivity contribution >= 4 is 46.4 Å². The number of nitrogens with zero attached hydrogens (tertiary/aromatic N) is 3. The highest BCUT2D eigenvalue weighted by Gasteiger charge is 2.38. The van der Waals surface area contributed by atoms with Crippen molar-refractivity contribution in [3.63, 3.8) is 0 Å². The lowest BCUT2D eigenvalue weighted by Gasteiger charge is -2.35. The van der Waals surface area contributed by atoms with Crippen molar-refractivity contribution in [3.8, 4) is 0 Å². The first-order chi connectivity index (χ1) is 13.5. The molecule has 3 heterocycles. The number of benzene rings is 1. The van der Waals surface area contributed by atoms with Crippen LogP contribution in [0.5, 0.6) is 0 Å². The van der Waals surface area contributed by atoms with Gasteiger partial charge in [0.15, 0.2) is 0 Å². The molecule has 2 fully saturated rings. The summed E-state index contributed by atoms with van der Waals surface area (Å²) in [6, 6.07) is 4.39. The molecule has 2 saturated heterocycles. The minimum atomic E-state index is -0.416. The zero-order valence-electron chi connectivity index (χ0n) is 15.3. The first kappa shape index (κ1) is 19.7. The zero-order chi connectivity index (χ0) is 19.7. The predicted molar refractivity (Wildman–Crippen MR) is 111 cm³/mol. The number of likely N-dealkylation sites (tertiary alicyclic amines) is 2. The molecule has 8 heteroatoms. The average Bonchev–Trinajstić information content (AvgIpc) is 3.38. The molecule has 4 rings (SSSR count). The Labute approximate surface area is 178 Å². The molecule has 2 aromatic rings. The Kier molecular flexibility index (Phi) is 5.90. The van der Waals surface area contributed by atoms with E-state index in [0.717, 1.165) is 30.8 Å². The van der Waals surface area contributed by atoms with Gasteiger partial charge in [-0.05, 0) is 43.9 Å². The summed E-state index contributed by atoms with van der Waals surface area (Å²) in [4.78, 5) is 34.3. The number of carbonyl (C=O) groups is 2. The molecule has 0 spiro atoms. The molecule has 1 aromatic carbocycles. The van der Waals surface area contributed by atoms with E-state index in [1.807, 2.05) is 16.5 Å². The zero-order valence-corrected chi connectivity index (χ0v) is 17.6. The van der Waals surface area contributed by atoms with Crippen molar-refractivity contribution in [2.24, 2.45) is 0 Å². The van der Waals surface area contributed by atoms with E-state index in [4.69, 9.17) is 23.2 Å². The molecular formula is C20H21Cl2N3O2S. The molecule has 0 bridgehead atoms. The second kappa shape index (κ2) is 8.39. The Morgan fingerprint density at radius 2 is 1.82 bits per heavy atom. The third kappa shape index (κ3) is 4.04. The standard InChI is InChI=1S/C20H21Cl2N3O2S/c21-15-9-14(10-16(22)11-15)19(26)25-7-2-4-17(25)20(27)24-6-1-3-13(12-24)18-23-5-8-28-18/h5,8-11,13,17H,1-4,6-7,12H2. The first-order valence-electron chi connectivity index (χ1n) is 9.48. The summed E-state index contributed by atoms with van der Waals surface area (Å²) >= 11 is 13.7. The van der Waals surface area contributed by atoms with Crippen molar-refractivity contribution in [2.75, 3.05) is 19.6 Å². The van der Waals surface area contributed by atoms with E-state index in [9.17, 15) is 9.59 Å². The van der Waals surface area contributed by atoms with E-state index in [2.05, 4.69) is 4.98 Å². The topological polar surface area (TPSA) is 53.5 Å². The fourth-order valence-electron chi connectivity index (χ4n) is 4.14. The van der Waals surface area contributed by atoms with E-state index in [0.29, 0.717) is 35.1 Å². The summed E-state index contributed by atoms with van der Waals surface area (Å²) in [6.45, 7) is 1.99. The second-order valence-corrected chi connectivity index (χ2v) is 9.11. The number of thiazole rings is 1. The van der Waals surface area contributed by atoms with E-state index in [1.165, 1.54) is 0 Å². The summed E-state index contributed by atoms with van der Waals surface area (Å²) in [5.41, 5.74) is 0.427. The lowest BCUT2D eigenvalue weighted by atomic mass is 9.97. The third-order valence-electron chi connectivity index (χ3n) is 5.44. The molecule has 0 aliphatic carbocycles. The molecule has 2 unspecified atom stereocenters. The van der Waals surface area contributed by atoms with Crippen LogP contribution in [0.25, 0.3) is 0 Å². The number of aromatic nitrogens is 1. The smallest absolute Gasteiger partial charge is 0.254 e. The van der Waals surface area contributed by atoms with Gasteiger partial charge >= 0.3 is 0 Å². The van der Waals surface area contributed by atoms with Crippen LogP contribution in [-0.2, 0) is 4.79 Å². The summed E-state index contributed by atoms with van der Waals surface area (Å²) in [5, 5.41) is 3.90. The van der Waals surface area contributed by atoms with Crippen LogP contribution in [0.1, 0.15) is 47.0 Å². The normalized spacial score (nSPS) is 22.5. The molecule has 2 amide bonds. The van der Waals surface area contributed by atoms with Gasteiger partial charge < -0.3 is 9.80 Å². The average molecular weight is 438 g/mol. The summed E-state index contributed by atoms with van der Waals surface area (Å²) < 4.78 is 0. The quantitative estimate of drug-likeness (QED) is 0.711. The van der Waals surface area contributed by atoms with Gasteiger partial charge in [-0.15, -0.1) is 11.3 Å². The molecule has 1 aromatic heterocycles. The highest BCUT2D eigenvalue weighted by Crippen LogP contribution is 2.31. The Bertz CT molecular complexity index is 854.